The van der Waals surface area contributed by atoms with Crippen LogP contribution in [-0.2, 0) is 6.18 Å². The first-order chi connectivity index (χ1) is 7.97. The Hall–Kier alpha value is -1.83. The second kappa shape index (κ2) is 5.48. The number of anilines is 1. The van der Waals surface area contributed by atoms with Crippen molar-refractivity contribution in [1.29, 1.82) is 0 Å². The second-order valence-corrected chi connectivity index (χ2v) is 2.94. The largest absolute Gasteiger partial charge is 0.473 e. The van der Waals surface area contributed by atoms with Crippen molar-refractivity contribution in [3.63, 3.8) is 0 Å². The van der Waals surface area contributed by atoms with Crippen molar-refractivity contribution >= 4 is 5.95 Å². The molecule has 3 N–H and O–H groups in total. The van der Waals surface area contributed by atoms with Gasteiger partial charge in [0.15, 0.2) is 5.69 Å². The molecule has 0 saturated heterocycles. The van der Waals surface area contributed by atoms with E-state index in [1.54, 1.807) is 19.1 Å². The molecule has 5 nitrogen and oxygen atoms in total. The minimum atomic E-state index is -4.58. The van der Waals surface area contributed by atoms with Gasteiger partial charge in [0.05, 0.1) is 0 Å². The van der Waals surface area contributed by atoms with E-state index in [4.69, 9.17) is 10.6 Å². The Morgan fingerprint density at radius 2 is 2.18 bits per heavy atom. The number of halogens is 3. The topological polar surface area (TPSA) is 73.1 Å². The van der Waals surface area contributed by atoms with Crippen LogP contribution in [-0.4, -0.2) is 16.6 Å². The number of nitrogen functional groups attached to an aromatic ring is 1. The molecule has 17 heavy (non-hydrogen) atoms. The van der Waals surface area contributed by atoms with Crippen LogP contribution >= 0.6 is 0 Å². The van der Waals surface area contributed by atoms with Gasteiger partial charge in [0.2, 0.25) is 11.8 Å². The predicted molar refractivity (Wildman–Crippen MR) is 55.2 cm³/mol. The number of allylic oxidation sites excluding steroid dienone is 1. The van der Waals surface area contributed by atoms with Gasteiger partial charge in [0.1, 0.15) is 6.61 Å². The van der Waals surface area contributed by atoms with E-state index in [1.807, 2.05) is 5.43 Å². The summed E-state index contributed by atoms with van der Waals surface area (Å²) in [5.74, 6) is 4.43. The molecule has 0 aliphatic rings. The van der Waals surface area contributed by atoms with Gasteiger partial charge in [-0.2, -0.15) is 18.2 Å². The average Bonchev–Trinajstić information content (AvgIpc) is 2.28. The van der Waals surface area contributed by atoms with Crippen LogP contribution in [0.4, 0.5) is 19.1 Å². The summed E-state index contributed by atoms with van der Waals surface area (Å²) in [5, 5.41) is 0. The fraction of sp³-hybridized carbons (Fsp3) is 0.333. The Kier molecular flexibility index (Phi) is 4.27. The third kappa shape index (κ3) is 3.91. The average molecular weight is 248 g/mol. The van der Waals surface area contributed by atoms with Crippen molar-refractivity contribution in [2.45, 2.75) is 13.1 Å². The van der Waals surface area contributed by atoms with Crippen LogP contribution in [0.15, 0.2) is 18.2 Å². The van der Waals surface area contributed by atoms with E-state index >= 15 is 0 Å². The maximum absolute atomic E-state index is 12.4. The van der Waals surface area contributed by atoms with Crippen LogP contribution in [0.5, 0.6) is 5.88 Å². The number of aromatic nitrogens is 2. The van der Waals surface area contributed by atoms with Crippen molar-refractivity contribution in [3.8, 4) is 5.88 Å². The summed E-state index contributed by atoms with van der Waals surface area (Å²) in [6.45, 7) is 1.88. The van der Waals surface area contributed by atoms with Gasteiger partial charge in [-0.1, -0.05) is 12.2 Å². The number of nitrogens with zero attached hydrogens (tertiary/aromatic N) is 2. The third-order valence-electron chi connectivity index (χ3n) is 1.69. The first-order valence-corrected chi connectivity index (χ1v) is 4.64. The van der Waals surface area contributed by atoms with Crippen molar-refractivity contribution in [2.75, 3.05) is 12.0 Å². The smallest absolute Gasteiger partial charge is 0.433 e. The van der Waals surface area contributed by atoms with E-state index in [0.717, 1.165) is 0 Å². The van der Waals surface area contributed by atoms with Crippen molar-refractivity contribution in [3.05, 3.63) is 23.9 Å². The molecule has 1 aromatic rings. The molecule has 0 amide bonds. The number of hydrazine groups is 1. The van der Waals surface area contributed by atoms with E-state index in [1.165, 1.54) is 0 Å². The van der Waals surface area contributed by atoms with Crippen LogP contribution in [0.3, 0.4) is 0 Å². The standard InChI is InChI=1S/C9H11F3N4O/c1-2-3-4-17-7-5-6(9(10,11)12)14-8(15-7)16-13/h2-3,5H,4,13H2,1H3,(H,14,15,16)/b3-2+. The van der Waals surface area contributed by atoms with E-state index in [-0.39, 0.29) is 18.4 Å². The number of nitrogens with one attached hydrogen (secondary N) is 1. The number of alkyl halides is 3. The first kappa shape index (κ1) is 13.2. The molecule has 0 bridgehead atoms. The number of hydrogen-bond donors (Lipinski definition) is 2. The maximum Gasteiger partial charge on any atom is 0.433 e. The zero-order valence-corrected chi connectivity index (χ0v) is 8.95. The summed E-state index contributed by atoms with van der Waals surface area (Å²) >= 11 is 0. The van der Waals surface area contributed by atoms with Gasteiger partial charge in [0.25, 0.3) is 0 Å². The molecule has 1 rings (SSSR count). The van der Waals surface area contributed by atoms with Gasteiger partial charge in [-0.3, -0.25) is 5.43 Å². The highest BCUT2D eigenvalue weighted by Gasteiger charge is 2.34. The van der Waals surface area contributed by atoms with Gasteiger partial charge in [-0.05, 0) is 6.92 Å². The van der Waals surface area contributed by atoms with Crippen LogP contribution in [0.1, 0.15) is 12.6 Å². The highest BCUT2D eigenvalue weighted by Crippen LogP contribution is 2.30. The summed E-state index contributed by atoms with van der Waals surface area (Å²) in [5.41, 5.74) is 0.835. The zero-order valence-electron chi connectivity index (χ0n) is 8.95. The zero-order chi connectivity index (χ0) is 12.9. The summed E-state index contributed by atoms with van der Waals surface area (Å²) in [6.07, 6.45) is -1.24. The van der Waals surface area contributed by atoms with Crippen molar-refractivity contribution < 1.29 is 17.9 Å². The van der Waals surface area contributed by atoms with Crippen LogP contribution < -0.4 is 16.0 Å². The van der Waals surface area contributed by atoms with E-state index in [2.05, 4.69) is 9.97 Å². The maximum atomic E-state index is 12.4. The van der Waals surface area contributed by atoms with E-state index < -0.39 is 11.9 Å². The van der Waals surface area contributed by atoms with Gasteiger partial charge >= 0.3 is 6.18 Å². The quantitative estimate of drug-likeness (QED) is 0.482. The molecule has 0 aliphatic carbocycles. The Morgan fingerprint density at radius 3 is 2.71 bits per heavy atom. The molecule has 0 fully saturated rings. The van der Waals surface area contributed by atoms with Gasteiger partial charge in [-0.15, -0.1) is 0 Å². The van der Waals surface area contributed by atoms with Gasteiger partial charge in [-0.25, -0.2) is 10.8 Å². The lowest BCUT2D eigenvalue weighted by molar-refractivity contribution is -0.141. The lowest BCUT2D eigenvalue weighted by atomic mass is 10.4. The number of nitrogens with two attached hydrogens (primary N) is 1. The molecule has 0 radical (unpaired) electrons. The molecule has 0 saturated carbocycles. The highest BCUT2D eigenvalue weighted by molar-refractivity contribution is 5.30. The summed E-state index contributed by atoms with van der Waals surface area (Å²) in [4.78, 5) is 6.82. The number of rotatable bonds is 4. The Balaban J connectivity index is 2.97. The molecule has 0 spiro atoms. The van der Waals surface area contributed by atoms with E-state index in [0.29, 0.717) is 6.07 Å². The minimum absolute atomic E-state index is 0.120. The van der Waals surface area contributed by atoms with Crippen LogP contribution in [0.2, 0.25) is 0 Å². The molecule has 0 unspecified atom stereocenters. The fourth-order valence-corrected chi connectivity index (χ4v) is 0.938. The molecule has 1 aromatic heterocycles. The van der Waals surface area contributed by atoms with Crippen LogP contribution in [0, 0.1) is 0 Å². The highest BCUT2D eigenvalue weighted by atomic mass is 19.4. The lowest BCUT2D eigenvalue weighted by Gasteiger charge is -2.09. The van der Waals surface area contributed by atoms with Crippen molar-refractivity contribution in [1.82, 2.24) is 9.97 Å². The molecular weight excluding hydrogens is 237 g/mol. The summed E-state index contributed by atoms with van der Waals surface area (Å²) in [6, 6.07) is 0.713. The van der Waals surface area contributed by atoms with Crippen molar-refractivity contribution in [2.24, 2.45) is 5.84 Å². The van der Waals surface area contributed by atoms with E-state index in [9.17, 15) is 13.2 Å². The molecule has 1 heterocycles. The molecule has 0 aliphatic heterocycles. The Morgan fingerprint density at radius 1 is 1.47 bits per heavy atom. The SMILES string of the molecule is C/C=C/COc1cc(C(F)(F)F)nc(NN)n1. The molecule has 0 aromatic carbocycles. The monoisotopic (exact) mass is 248 g/mol. The molecular formula is C9H11F3N4O. The molecule has 94 valence electrons. The fourth-order valence-electron chi connectivity index (χ4n) is 0.938. The second-order valence-electron chi connectivity index (χ2n) is 2.94. The van der Waals surface area contributed by atoms with Gasteiger partial charge < -0.3 is 4.74 Å². The first-order valence-electron chi connectivity index (χ1n) is 4.64. The van der Waals surface area contributed by atoms with Gasteiger partial charge in [0, 0.05) is 6.07 Å². The van der Waals surface area contributed by atoms with Crippen LogP contribution in [0.25, 0.3) is 0 Å². The Labute approximate surface area is 95.5 Å². The normalized spacial score (nSPS) is 11.8. The lowest BCUT2D eigenvalue weighted by Crippen LogP contribution is -2.16. The Bertz CT molecular complexity index is 406. The molecule has 0 atom stereocenters. The summed E-state index contributed by atoms with van der Waals surface area (Å²) < 4.78 is 42.3. The summed E-state index contributed by atoms with van der Waals surface area (Å²) in [7, 11) is 0. The third-order valence-corrected chi connectivity index (χ3v) is 1.69. The minimum Gasteiger partial charge on any atom is -0.473 e. The number of ether oxygens (including phenoxy) is 1. The predicted octanol–water partition coefficient (Wildman–Crippen LogP) is 1.74. The number of hydrogen-bond acceptors (Lipinski definition) is 5. The molecule has 8 heteroatoms.